The second-order valence-electron chi connectivity index (χ2n) is 8.71. The van der Waals surface area contributed by atoms with Gasteiger partial charge in [-0.3, -0.25) is 0 Å². The minimum atomic E-state index is -3.15. The van der Waals surface area contributed by atoms with Crippen LogP contribution >= 0.6 is 0 Å². The molecule has 4 heteroatoms. The van der Waals surface area contributed by atoms with E-state index in [1.165, 1.54) is 53.8 Å². The van der Waals surface area contributed by atoms with Crippen LogP contribution in [0, 0.1) is 0 Å². The van der Waals surface area contributed by atoms with Crippen molar-refractivity contribution < 1.29 is 8.42 Å². The van der Waals surface area contributed by atoms with Gasteiger partial charge in [-0.05, 0) is 66.1 Å². The van der Waals surface area contributed by atoms with E-state index in [0.29, 0.717) is 16.9 Å². The summed E-state index contributed by atoms with van der Waals surface area (Å²) in [5.41, 5.74) is 2.61. The molecular weight excluding hydrogens is 390 g/mol. The molecule has 1 N–H and O–H groups in total. The van der Waals surface area contributed by atoms with Crippen LogP contribution in [0.2, 0.25) is 0 Å². The molecule has 0 bridgehead atoms. The topological polar surface area (TPSA) is 46.2 Å². The molecule has 3 atom stereocenters. The summed E-state index contributed by atoms with van der Waals surface area (Å²) in [6.07, 6.45) is 7.17. The SMILES string of the molecule is CC(NC1CCCCC(c2ccc(S(C)(=O)=O)cc2)C1)c1cccc2ccccc12. The fourth-order valence-corrected chi connectivity index (χ4v) is 5.50. The van der Waals surface area contributed by atoms with E-state index >= 15 is 0 Å². The Hall–Kier alpha value is -2.17. The summed E-state index contributed by atoms with van der Waals surface area (Å²) in [5, 5.41) is 6.51. The van der Waals surface area contributed by atoms with Gasteiger partial charge in [-0.1, -0.05) is 67.4 Å². The highest BCUT2D eigenvalue weighted by molar-refractivity contribution is 7.90. The molecule has 1 aliphatic rings. The van der Waals surface area contributed by atoms with E-state index < -0.39 is 9.84 Å². The lowest BCUT2D eigenvalue weighted by Gasteiger charge is -2.26. The van der Waals surface area contributed by atoms with Crippen molar-refractivity contribution >= 4 is 20.6 Å². The number of fused-ring (bicyclic) bond motifs is 1. The number of sulfone groups is 1. The second-order valence-corrected chi connectivity index (χ2v) is 10.7. The van der Waals surface area contributed by atoms with Crippen LogP contribution in [0.1, 0.15) is 62.1 Å². The van der Waals surface area contributed by atoms with Gasteiger partial charge in [0.1, 0.15) is 0 Å². The van der Waals surface area contributed by atoms with Gasteiger partial charge in [-0.25, -0.2) is 8.42 Å². The molecule has 0 heterocycles. The molecular formula is C26H31NO2S. The molecule has 4 rings (SSSR count). The van der Waals surface area contributed by atoms with Crippen molar-refractivity contribution in [2.45, 2.75) is 61.9 Å². The Labute approximate surface area is 180 Å². The van der Waals surface area contributed by atoms with E-state index in [4.69, 9.17) is 0 Å². The van der Waals surface area contributed by atoms with Crippen LogP contribution in [0.15, 0.2) is 71.6 Å². The number of nitrogens with one attached hydrogen (secondary N) is 1. The molecule has 0 spiro atoms. The minimum Gasteiger partial charge on any atom is -0.307 e. The lowest BCUT2D eigenvalue weighted by Crippen LogP contribution is -2.32. The zero-order valence-electron chi connectivity index (χ0n) is 17.8. The fourth-order valence-electron chi connectivity index (χ4n) is 4.87. The predicted molar refractivity (Wildman–Crippen MR) is 125 cm³/mol. The smallest absolute Gasteiger partial charge is 0.175 e. The third kappa shape index (κ3) is 4.76. The number of rotatable bonds is 5. The summed E-state index contributed by atoms with van der Waals surface area (Å²) in [7, 11) is -3.15. The molecule has 1 aliphatic carbocycles. The Morgan fingerprint density at radius 2 is 1.60 bits per heavy atom. The van der Waals surface area contributed by atoms with E-state index in [-0.39, 0.29) is 6.04 Å². The number of hydrogen-bond donors (Lipinski definition) is 1. The first-order valence-electron chi connectivity index (χ1n) is 11.0. The van der Waals surface area contributed by atoms with Crippen molar-refractivity contribution in [2.24, 2.45) is 0 Å². The molecule has 0 saturated heterocycles. The van der Waals surface area contributed by atoms with Gasteiger partial charge in [0.15, 0.2) is 9.84 Å². The van der Waals surface area contributed by atoms with Crippen LogP contribution in [0.4, 0.5) is 0 Å². The van der Waals surface area contributed by atoms with E-state index in [9.17, 15) is 8.42 Å². The van der Waals surface area contributed by atoms with Crippen molar-refractivity contribution in [3.8, 4) is 0 Å². The van der Waals surface area contributed by atoms with Crippen LogP contribution in [0.25, 0.3) is 10.8 Å². The largest absolute Gasteiger partial charge is 0.307 e. The Morgan fingerprint density at radius 1 is 0.900 bits per heavy atom. The van der Waals surface area contributed by atoms with Gasteiger partial charge in [-0.2, -0.15) is 0 Å². The van der Waals surface area contributed by atoms with Crippen LogP contribution in [-0.2, 0) is 9.84 Å². The minimum absolute atomic E-state index is 0.285. The normalized spacial score (nSPS) is 21.3. The maximum Gasteiger partial charge on any atom is 0.175 e. The van der Waals surface area contributed by atoms with Crippen molar-refractivity contribution in [1.29, 1.82) is 0 Å². The zero-order valence-corrected chi connectivity index (χ0v) is 18.7. The molecule has 0 aromatic heterocycles. The predicted octanol–water partition coefficient (Wildman–Crippen LogP) is 6.01. The third-order valence-corrected chi connectivity index (χ3v) is 7.61. The highest BCUT2D eigenvalue weighted by Gasteiger charge is 2.23. The summed E-state index contributed by atoms with van der Waals surface area (Å²) in [6, 6.07) is 23.4. The maximum absolute atomic E-state index is 11.8. The number of benzene rings is 3. The Kier molecular flexibility index (Phi) is 6.26. The monoisotopic (exact) mass is 421 g/mol. The molecule has 0 radical (unpaired) electrons. The van der Waals surface area contributed by atoms with Crippen LogP contribution in [0.3, 0.4) is 0 Å². The van der Waals surface area contributed by atoms with Crippen molar-refractivity contribution in [3.63, 3.8) is 0 Å². The molecule has 1 fully saturated rings. The summed E-state index contributed by atoms with van der Waals surface area (Å²) < 4.78 is 23.5. The molecule has 158 valence electrons. The first-order chi connectivity index (χ1) is 14.4. The Balaban J connectivity index is 1.50. The fraction of sp³-hybridized carbons (Fsp3) is 0.385. The molecule has 3 unspecified atom stereocenters. The highest BCUT2D eigenvalue weighted by Crippen LogP contribution is 2.34. The first kappa shape index (κ1) is 21.1. The molecule has 0 aliphatic heterocycles. The summed E-state index contributed by atoms with van der Waals surface area (Å²) in [4.78, 5) is 0.402. The molecule has 3 aromatic rings. The quantitative estimate of drug-likeness (QED) is 0.513. The van der Waals surface area contributed by atoms with Crippen molar-refractivity contribution in [2.75, 3.05) is 6.26 Å². The molecule has 3 aromatic carbocycles. The molecule has 0 amide bonds. The van der Waals surface area contributed by atoms with Gasteiger partial charge in [0.25, 0.3) is 0 Å². The van der Waals surface area contributed by atoms with Gasteiger partial charge in [-0.15, -0.1) is 0 Å². The molecule has 3 nitrogen and oxygen atoms in total. The maximum atomic E-state index is 11.8. The van der Waals surface area contributed by atoms with Crippen molar-refractivity contribution in [3.05, 3.63) is 77.9 Å². The number of hydrogen-bond acceptors (Lipinski definition) is 3. The first-order valence-corrected chi connectivity index (χ1v) is 12.8. The van der Waals surface area contributed by atoms with Gasteiger partial charge in [0.05, 0.1) is 4.90 Å². The van der Waals surface area contributed by atoms with E-state index in [1.54, 1.807) is 12.1 Å². The Bertz CT molecular complexity index is 1100. The van der Waals surface area contributed by atoms with Crippen LogP contribution in [0.5, 0.6) is 0 Å². The van der Waals surface area contributed by atoms with Gasteiger partial charge in [0, 0.05) is 18.3 Å². The average molecular weight is 422 g/mol. The summed E-state index contributed by atoms with van der Waals surface area (Å²) in [6.45, 7) is 2.27. The van der Waals surface area contributed by atoms with Crippen LogP contribution in [-0.4, -0.2) is 20.7 Å². The molecule has 30 heavy (non-hydrogen) atoms. The summed E-state index contributed by atoms with van der Waals surface area (Å²) >= 11 is 0. The van der Waals surface area contributed by atoms with E-state index in [0.717, 1.165) is 6.42 Å². The Morgan fingerprint density at radius 3 is 2.37 bits per heavy atom. The van der Waals surface area contributed by atoms with Gasteiger partial charge < -0.3 is 5.32 Å². The van der Waals surface area contributed by atoms with Gasteiger partial charge in [0.2, 0.25) is 0 Å². The standard InChI is InChI=1S/C26H31NO2S/c1-19(25-13-7-10-21-8-4-6-12-26(21)25)27-23-11-5-3-9-22(18-23)20-14-16-24(17-15-20)30(2,28)29/h4,6-8,10,12-17,19,22-23,27H,3,5,9,11,18H2,1-2H3. The van der Waals surface area contributed by atoms with Crippen LogP contribution < -0.4 is 5.32 Å². The second kappa shape index (κ2) is 8.91. The molecule has 1 saturated carbocycles. The van der Waals surface area contributed by atoms with Crippen molar-refractivity contribution in [1.82, 2.24) is 5.32 Å². The third-order valence-electron chi connectivity index (χ3n) is 6.48. The highest BCUT2D eigenvalue weighted by atomic mass is 32.2. The lowest BCUT2D eigenvalue weighted by atomic mass is 9.90. The van der Waals surface area contributed by atoms with E-state index in [2.05, 4.69) is 54.7 Å². The van der Waals surface area contributed by atoms with Gasteiger partial charge >= 0.3 is 0 Å². The average Bonchev–Trinajstić information content (AvgIpc) is 2.98. The zero-order chi connectivity index (χ0) is 21.1. The lowest BCUT2D eigenvalue weighted by molar-refractivity contribution is 0.400. The summed E-state index contributed by atoms with van der Waals surface area (Å²) in [5.74, 6) is 0.471. The van der Waals surface area contributed by atoms with E-state index in [1.807, 2.05) is 12.1 Å².